The zero-order valence-electron chi connectivity index (χ0n) is 20.0. The molecule has 8 nitrogen and oxygen atoms in total. The lowest BCUT2D eigenvalue weighted by Crippen LogP contribution is -2.36. The number of methoxy groups -OCH3 is 1. The molecule has 0 radical (unpaired) electrons. The van der Waals surface area contributed by atoms with E-state index in [0.717, 1.165) is 16.9 Å². The molecule has 0 aromatic heterocycles. The molecule has 0 bridgehead atoms. The Hall–Kier alpha value is -4.59. The van der Waals surface area contributed by atoms with Crippen molar-refractivity contribution in [3.63, 3.8) is 0 Å². The zero-order chi connectivity index (χ0) is 25.1. The van der Waals surface area contributed by atoms with Crippen LogP contribution in [0.3, 0.4) is 0 Å². The molecule has 3 aromatic carbocycles. The van der Waals surface area contributed by atoms with Crippen LogP contribution in [0.2, 0.25) is 0 Å². The average Bonchev–Trinajstić information content (AvgIpc) is 3.21. The van der Waals surface area contributed by atoms with E-state index in [2.05, 4.69) is 10.6 Å². The molecule has 35 heavy (non-hydrogen) atoms. The molecule has 0 spiro atoms. The number of nitrogens with one attached hydrogen (secondary N) is 2. The number of amides is 3. The van der Waals surface area contributed by atoms with E-state index in [1.165, 1.54) is 12.0 Å². The number of ether oxygens (including phenoxy) is 1. The maximum absolute atomic E-state index is 13.1. The number of urea groups is 1. The first-order valence-corrected chi connectivity index (χ1v) is 11.0. The summed E-state index contributed by atoms with van der Waals surface area (Å²) in [5.41, 5.74) is 4.98. The molecule has 0 saturated carbocycles. The SMILES string of the molecule is COC(=O)c1ccc2c(c1)NC(=O)/C2=C(/Nc1ccc(N(C)C(=O)N(C)C)cc1)c1ccccc1. The molecule has 1 aliphatic heterocycles. The molecule has 0 fully saturated rings. The summed E-state index contributed by atoms with van der Waals surface area (Å²) >= 11 is 0. The van der Waals surface area contributed by atoms with Gasteiger partial charge >= 0.3 is 12.0 Å². The van der Waals surface area contributed by atoms with Crippen LogP contribution in [-0.2, 0) is 9.53 Å². The molecule has 0 atom stereocenters. The Morgan fingerprint density at radius 3 is 2.20 bits per heavy atom. The number of rotatable bonds is 5. The Morgan fingerprint density at radius 2 is 1.57 bits per heavy atom. The van der Waals surface area contributed by atoms with Gasteiger partial charge in [-0.15, -0.1) is 0 Å². The summed E-state index contributed by atoms with van der Waals surface area (Å²) in [5.74, 6) is -0.750. The van der Waals surface area contributed by atoms with E-state index >= 15 is 0 Å². The first-order valence-electron chi connectivity index (χ1n) is 11.0. The first-order chi connectivity index (χ1) is 16.8. The molecule has 2 N–H and O–H groups in total. The van der Waals surface area contributed by atoms with Gasteiger partial charge < -0.3 is 20.3 Å². The number of fused-ring (bicyclic) bond motifs is 1. The maximum atomic E-state index is 13.1. The van der Waals surface area contributed by atoms with Gasteiger partial charge in [-0.2, -0.15) is 0 Å². The number of hydrogen-bond donors (Lipinski definition) is 2. The van der Waals surface area contributed by atoms with Crippen LogP contribution in [0.25, 0.3) is 11.3 Å². The summed E-state index contributed by atoms with van der Waals surface area (Å²) in [5, 5.41) is 6.25. The highest BCUT2D eigenvalue weighted by Gasteiger charge is 2.29. The van der Waals surface area contributed by atoms with Crippen LogP contribution in [0.15, 0.2) is 72.8 Å². The van der Waals surface area contributed by atoms with Crippen molar-refractivity contribution in [1.82, 2.24) is 4.90 Å². The van der Waals surface area contributed by atoms with Gasteiger partial charge in [0.05, 0.1) is 29.6 Å². The van der Waals surface area contributed by atoms with Crippen LogP contribution in [0.1, 0.15) is 21.5 Å². The quantitative estimate of drug-likeness (QED) is 0.423. The lowest BCUT2D eigenvalue weighted by atomic mass is 9.99. The van der Waals surface area contributed by atoms with Crippen LogP contribution in [-0.4, -0.2) is 51.1 Å². The zero-order valence-corrected chi connectivity index (χ0v) is 20.0. The smallest absolute Gasteiger partial charge is 0.337 e. The van der Waals surface area contributed by atoms with Crippen LogP contribution in [0.4, 0.5) is 21.9 Å². The van der Waals surface area contributed by atoms with Crippen molar-refractivity contribution >= 4 is 46.2 Å². The van der Waals surface area contributed by atoms with Crippen LogP contribution in [0, 0.1) is 0 Å². The summed E-state index contributed by atoms with van der Waals surface area (Å²) in [6, 6.07) is 21.8. The molecule has 3 aromatic rings. The van der Waals surface area contributed by atoms with Crippen LogP contribution < -0.4 is 15.5 Å². The van der Waals surface area contributed by atoms with E-state index in [1.807, 2.05) is 54.6 Å². The molecule has 8 heteroatoms. The van der Waals surface area contributed by atoms with Crippen molar-refractivity contribution in [2.24, 2.45) is 0 Å². The lowest BCUT2D eigenvalue weighted by molar-refractivity contribution is -0.110. The highest BCUT2D eigenvalue weighted by atomic mass is 16.5. The number of nitrogens with zero attached hydrogens (tertiary/aromatic N) is 2. The van der Waals surface area contributed by atoms with Gasteiger partial charge in [0.25, 0.3) is 5.91 Å². The molecule has 4 rings (SSSR count). The standard InChI is InChI=1S/C27H26N4O4/c1-30(2)27(34)31(3)20-13-11-19(12-14-20)28-24(17-8-6-5-7-9-17)23-21-15-10-18(26(33)35-4)16-22(21)29-25(23)32/h5-16,28H,1-4H3,(H,29,32)/b24-23+. The van der Waals surface area contributed by atoms with E-state index < -0.39 is 5.97 Å². The van der Waals surface area contributed by atoms with Gasteiger partial charge in [0.15, 0.2) is 0 Å². The summed E-state index contributed by atoms with van der Waals surface area (Å²) in [7, 11) is 6.43. The second-order valence-electron chi connectivity index (χ2n) is 8.23. The van der Waals surface area contributed by atoms with Crippen molar-refractivity contribution in [3.05, 3.63) is 89.5 Å². The Morgan fingerprint density at radius 1 is 0.886 bits per heavy atom. The lowest BCUT2D eigenvalue weighted by Gasteiger charge is -2.22. The van der Waals surface area contributed by atoms with E-state index in [9.17, 15) is 14.4 Å². The third-order valence-electron chi connectivity index (χ3n) is 5.69. The number of benzene rings is 3. The molecule has 178 valence electrons. The minimum absolute atomic E-state index is 0.136. The second-order valence-corrected chi connectivity index (χ2v) is 8.23. The number of esters is 1. The van der Waals surface area contributed by atoms with Gasteiger partial charge in [0.1, 0.15) is 0 Å². The minimum Gasteiger partial charge on any atom is -0.465 e. The Balaban J connectivity index is 1.75. The Kier molecular flexibility index (Phi) is 6.55. The van der Waals surface area contributed by atoms with E-state index in [-0.39, 0.29) is 11.9 Å². The van der Waals surface area contributed by atoms with Crippen molar-refractivity contribution in [3.8, 4) is 0 Å². The number of carbonyl (C=O) groups is 3. The summed E-state index contributed by atoms with van der Waals surface area (Å²) in [4.78, 5) is 40.4. The number of carbonyl (C=O) groups excluding carboxylic acids is 3. The molecule has 1 heterocycles. The van der Waals surface area contributed by atoms with Gasteiger partial charge in [-0.05, 0) is 42.0 Å². The topological polar surface area (TPSA) is 91.0 Å². The normalized spacial score (nSPS) is 13.4. The van der Waals surface area contributed by atoms with Gasteiger partial charge in [-0.25, -0.2) is 9.59 Å². The second kappa shape index (κ2) is 9.72. The predicted octanol–water partition coefficient (Wildman–Crippen LogP) is 4.52. The fourth-order valence-corrected chi connectivity index (χ4v) is 3.87. The Labute approximate surface area is 203 Å². The third kappa shape index (κ3) is 4.72. The largest absolute Gasteiger partial charge is 0.465 e. The molecular weight excluding hydrogens is 444 g/mol. The van der Waals surface area contributed by atoms with Crippen molar-refractivity contribution in [2.45, 2.75) is 0 Å². The van der Waals surface area contributed by atoms with Gasteiger partial charge in [-0.1, -0.05) is 36.4 Å². The molecule has 0 unspecified atom stereocenters. The van der Waals surface area contributed by atoms with Gasteiger partial charge in [0.2, 0.25) is 0 Å². The van der Waals surface area contributed by atoms with Gasteiger partial charge in [0, 0.05) is 38.1 Å². The fraction of sp³-hybridized carbons (Fsp3) is 0.148. The molecule has 0 aliphatic carbocycles. The Bertz CT molecular complexity index is 1310. The first kappa shape index (κ1) is 23.6. The predicted molar refractivity (Wildman–Crippen MR) is 137 cm³/mol. The highest BCUT2D eigenvalue weighted by molar-refractivity contribution is 6.37. The number of hydrogen-bond acceptors (Lipinski definition) is 5. The summed E-state index contributed by atoms with van der Waals surface area (Å²) in [6.45, 7) is 0. The van der Waals surface area contributed by atoms with E-state index in [0.29, 0.717) is 28.1 Å². The number of anilines is 3. The molecule has 0 saturated heterocycles. The van der Waals surface area contributed by atoms with Crippen molar-refractivity contribution in [2.75, 3.05) is 43.8 Å². The molecule has 3 amide bonds. The maximum Gasteiger partial charge on any atom is 0.337 e. The van der Waals surface area contributed by atoms with Crippen LogP contribution >= 0.6 is 0 Å². The van der Waals surface area contributed by atoms with Crippen LogP contribution in [0.5, 0.6) is 0 Å². The average molecular weight is 471 g/mol. The fourth-order valence-electron chi connectivity index (χ4n) is 3.87. The summed E-state index contributed by atoms with van der Waals surface area (Å²) < 4.78 is 4.80. The van der Waals surface area contributed by atoms with E-state index in [1.54, 1.807) is 44.2 Å². The van der Waals surface area contributed by atoms with E-state index in [4.69, 9.17) is 4.74 Å². The monoisotopic (exact) mass is 470 g/mol. The highest BCUT2D eigenvalue weighted by Crippen LogP contribution is 2.38. The molecular formula is C27H26N4O4. The van der Waals surface area contributed by atoms with Crippen molar-refractivity contribution in [1.29, 1.82) is 0 Å². The minimum atomic E-state index is -0.473. The third-order valence-corrected chi connectivity index (χ3v) is 5.69. The van der Waals surface area contributed by atoms with Crippen molar-refractivity contribution < 1.29 is 19.1 Å². The van der Waals surface area contributed by atoms with Gasteiger partial charge in [-0.3, -0.25) is 9.69 Å². The summed E-state index contributed by atoms with van der Waals surface area (Å²) in [6.07, 6.45) is 0. The molecule has 1 aliphatic rings.